The number of aliphatic imine (C=N–C) groups is 1. The molecule has 6 heteroatoms. The van der Waals surface area contributed by atoms with Crippen molar-refractivity contribution in [3.05, 3.63) is 29.8 Å². The molecule has 0 atom stereocenters. The zero-order valence-corrected chi connectivity index (χ0v) is 19.2. The Labute approximate surface area is 181 Å². The van der Waals surface area contributed by atoms with Crippen LogP contribution in [0.2, 0.25) is 0 Å². The minimum atomic E-state index is 0. The van der Waals surface area contributed by atoms with Gasteiger partial charge in [-0.1, -0.05) is 31.4 Å². The van der Waals surface area contributed by atoms with Gasteiger partial charge in [0.2, 0.25) is 0 Å². The summed E-state index contributed by atoms with van der Waals surface area (Å²) in [6.45, 7) is 2.60. The molecule has 0 heterocycles. The van der Waals surface area contributed by atoms with E-state index in [0.29, 0.717) is 6.10 Å². The predicted octanol–water partition coefficient (Wildman–Crippen LogP) is 4.50. The highest BCUT2D eigenvalue weighted by Gasteiger charge is 2.12. The maximum absolute atomic E-state index is 5.97. The van der Waals surface area contributed by atoms with Crippen molar-refractivity contribution in [2.45, 2.75) is 64.0 Å². The van der Waals surface area contributed by atoms with E-state index < -0.39 is 0 Å². The number of guanidine groups is 1. The first-order valence-electron chi connectivity index (χ1n) is 10.0. The molecule has 0 bridgehead atoms. The summed E-state index contributed by atoms with van der Waals surface area (Å²) < 4.78 is 11.1. The standard InChI is InChI=1S/C21H35N3O2.HI/c1-22-21(24-17-18-11-13-19(25-2)14-12-18)23-15-7-4-8-16-26-20-9-5-3-6-10-20;/h11-14,20H,3-10,15-17H2,1-2H3,(H2,22,23,24);1H. The molecule has 2 rings (SSSR count). The molecule has 0 unspecified atom stereocenters. The lowest BCUT2D eigenvalue weighted by Gasteiger charge is -2.21. The molecule has 27 heavy (non-hydrogen) atoms. The van der Waals surface area contributed by atoms with E-state index in [2.05, 4.69) is 27.8 Å². The second-order valence-electron chi connectivity index (χ2n) is 6.89. The Bertz CT molecular complexity index is 517. The Hall–Kier alpha value is -1.02. The molecule has 1 aliphatic carbocycles. The molecule has 0 radical (unpaired) electrons. The molecule has 2 N–H and O–H groups in total. The highest BCUT2D eigenvalue weighted by Crippen LogP contribution is 2.20. The van der Waals surface area contributed by atoms with Crippen molar-refractivity contribution < 1.29 is 9.47 Å². The molecule has 1 aliphatic rings. The molecular formula is C21H36IN3O2. The summed E-state index contributed by atoms with van der Waals surface area (Å²) in [7, 11) is 3.49. The lowest BCUT2D eigenvalue weighted by atomic mass is 9.98. The van der Waals surface area contributed by atoms with Crippen molar-refractivity contribution >= 4 is 29.9 Å². The van der Waals surface area contributed by atoms with Crippen LogP contribution in [0.1, 0.15) is 56.9 Å². The van der Waals surface area contributed by atoms with Crippen molar-refractivity contribution in [3.8, 4) is 5.75 Å². The van der Waals surface area contributed by atoms with Gasteiger partial charge < -0.3 is 20.1 Å². The lowest BCUT2D eigenvalue weighted by molar-refractivity contribution is 0.0264. The first-order chi connectivity index (χ1) is 12.8. The van der Waals surface area contributed by atoms with E-state index in [1.807, 2.05) is 12.1 Å². The second kappa shape index (κ2) is 15.0. The molecule has 0 saturated heterocycles. The average molecular weight is 489 g/mol. The topological polar surface area (TPSA) is 54.9 Å². The quantitative estimate of drug-likeness (QED) is 0.220. The molecule has 0 amide bonds. The van der Waals surface area contributed by atoms with E-state index in [1.165, 1.54) is 44.1 Å². The Morgan fingerprint density at radius 3 is 2.44 bits per heavy atom. The third kappa shape index (κ3) is 10.2. The Balaban J connectivity index is 0.00000364. The first-order valence-corrected chi connectivity index (χ1v) is 10.0. The number of unbranched alkanes of at least 4 members (excludes halogenated alkanes) is 2. The smallest absolute Gasteiger partial charge is 0.191 e. The number of nitrogens with zero attached hydrogens (tertiary/aromatic N) is 1. The van der Waals surface area contributed by atoms with Crippen molar-refractivity contribution in [1.82, 2.24) is 10.6 Å². The van der Waals surface area contributed by atoms with Gasteiger partial charge in [-0.15, -0.1) is 24.0 Å². The molecule has 1 aromatic rings. The van der Waals surface area contributed by atoms with E-state index in [1.54, 1.807) is 14.2 Å². The first kappa shape index (κ1) is 24.0. The lowest BCUT2D eigenvalue weighted by Crippen LogP contribution is -2.37. The largest absolute Gasteiger partial charge is 0.497 e. The number of methoxy groups -OCH3 is 1. The Morgan fingerprint density at radius 2 is 1.78 bits per heavy atom. The van der Waals surface area contributed by atoms with Gasteiger partial charge in [-0.2, -0.15) is 0 Å². The minimum absolute atomic E-state index is 0. The molecule has 1 saturated carbocycles. The van der Waals surface area contributed by atoms with Crippen LogP contribution in [-0.2, 0) is 11.3 Å². The normalized spacial score (nSPS) is 15.1. The zero-order valence-electron chi connectivity index (χ0n) is 16.8. The van der Waals surface area contributed by atoms with Gasteiger partial charge in [-0.05, 0) is 49.8 Å². The third-order valence-electron chi connectivity index (χ3n) is 4.86. The van der Waals surface area contributed by atoms with Crippen LogP contribution in [0.4, 0.5) is 0 Å². The summed E-state index contributed by atoms with van der Waals surface area (Å²) in [6, 6.07) is 8.07. The molecule has 0 aromatic heterocycles. The third-order valence-corrected chi connectivity index (χ3v) is 4.86. The van der Waals surface area contributed by atoms with E-state index in [-0.39, 0.29) is 24.0 Å². The minimum Gasteiger partial charge on any atom is -0.497 e. The molecule has 0 aliphatic heterocycles. The van der Waals surface area contributed by atoms with E-state index in [0.717, 1.165) is 44.2 Å². The van der Waals surface area contributed by atoms with Gasteiger partial charge in [-0.3, -0.25) is 4.99 Å². The fourth-order valence-electron chi connectivity index (χ4n) is 3.24. The summed E-state index contributed by atoms with van der Waals surface area (Å²) in [6.07, 6.45) is 10.6. The van der Waals surface area contributed by atoms with Crippen molar-refractivity contribution in [2.24, 2.45) is 4.99 Å². The van der Waals surface area contributed by atoms with Crippen LogP contribution in [0.3, 0.4) is 0 Å². The number of ether oxygens (including phenoxy) is 2. The summed E-state index contributed by atoms with van der Waals surface area (Å²) >= 11 is 0. The van der Waals surface area contributed by atoms with Crippen molar-refractivity contribution in [1.29, 1.82) is 0 Å². The van der Waals surface area contributed by atoms with Gasteiger partial charge >= 0.3 is 0 Å². The second-order valence-corrected chi connectivity index (χ2v) is 6.89. The van der Waals surface area contributed by atoms with Crippen LogP contribution in [0.25, 0.3) is 0 Å². The molecular weight excluding hydrogens is 453 g/mol. The number of benzene rings is 1. The van der Waals surface area contributed by atoms with Crippen molar-refractivity contribution in [3.63, 3.8) is 0 Å². The fourth-order valence-corrected chi connectivity index (χ4v) is 3.24. The van der Waals surface area contributed by atoms with Crippen LogP contribution in [-0.4, -0.2) is 39.4 Å². The van der Waals surface area contributed by atoms with Crippen molar-refractivity contribution in [2.75, 3.05) is 27.3 Å². The van der Waals surface area contributed by atoms with Crippen LogP contribution in [0, 0.1) is 0 Å². The van der Waals surface area contributed by atoms with Crippen LogP contribution in [0.5, 0.6) is 5.75 Å². The summed E-state index contributed by atoms with van der Waals surface area (Å²) in [5, 5.41) is 6.72. The zero-order chi connectivity index (χ0) is 18.5. The van der Waals surface area contributed by atoms with Gasteiger partial charge in [0, 0.05) is 26.7 Å². The molecule has 154 valence electrons. The monoisotopic (exact) mass is 489 g/mol. The maximum Gasteiger partial charge on any atom is 0.191 e. The van der Waals surface area contributed by atoms with E-state index in [4.69, 9.17) is 9.47 Å². The van der Waals surface area contributed by atoms with Gasteiger partial charge in [0.05, 0.1) is 13.2 Å². The summed E-state index contributed by atoms with van der Waals surface area (Å²) in [5.41, 5.74) is 1.20. The van der Waals surface area contributed by atoms with Crippen LogP contribution in [0.15, 0.2) is 29.3 Å². The SMILES string of the molecule is CN=C(NCCCCCOC1CCCCC1)NCc1ccc(OC)cc1.I. The number of halogens is 1. The summed E-state index contributed by atoms with van der Waals surface area (Å²) in [5.74, 6) is 1.72. The molecule has 1 aromatic carbocycles. The average Bonchev–Trinajstić information content (AvgIpc) is 2.70. The molecule has 5 nitrogen and oxygen atoms in total. The highest BCUT2D eigenvalue weighted by molar-refractivity contribution is 14.0. The summed E-state index contributed by atoms with van der Waals surface area (Å²) in [4.78, 5) is 4.28. The van der Waals surface area contributed by atoms with E-state index in [9.17, 15) is 0 Å². The highest BCUT2D eigenvalue weighted by atomic mass is 127. The van der Waals surface area contributed by atoms with Gasteiger partial charge in [0.15, 0.2) is 5.96 Å². The number of hydrogen-bond acceptors (Lipinski definition) is 3. The fraction of sp³-hybridized carbons (Fsp3) is 0.667. The van der Waals surface area contributed by atoms with Crippen LogP contribution >= 0.6 is 24.0 Å². The maximum atomic E-state index is 5.97. The Kier molecular flexibility index (Phi) is 13.3. The number of hydrogen-bond donors (Lipinski definition) is 2. The van der Waals surface area contributed by atoms with E-state index >= 15 is 0 Å². The van der Waals surface area contributed by atoms with Gasteiger partial charge in [0.25, 0.3) is 0 Å². The van der Waals surface area contributed by atoms with Gasteiger partial charge in [0.1, 0.15) is 5.75 Å². The molecule has 0 spiro atoms. The predicted molar refractivity (Wildman–Crippen MR) is 123 cm³/mol. The number of rotatable bonds is 10. The number of nitrogens with one attached hydrogen (secondary N) is 2. The molecule has 1 fully saturated rings. The van der Waals surface area contributed by atoms with Gasteiger partial charge in [-0.25, -0.2) is 0 Å². The van der Waals surface area contributed by atoms with Crippen LogP contribution < -0.4 is 15.4 Å². The Morgan fingerprint density at radius 1 is 1.04 bits per heavy atom.